The molecule has 1 aromatic carbocycles. The van der Waals surface area contributed by atoms with Gasteiger partial charge in [-0.2, -0.15) is 8.78 Å². The summed E-state index contributed by atoms with van der Waals surface area (Å²) in [6, 6.07) is 7.28. The molecular weight excluding hydrogens is 342 g/mol. The molecule has 0 saturated heterocycles. The standard InChI is InChI=1S/C15H14F2N2O4S/c1-8-7-12(23-19-8)14(21)22-9(2)13(20)18-10-3-5-11(6-4-10)24-15(16)17/h3-7,9,15H,1-2H3,(H,18,20)/t9-/m1/s1. The first kappa shape index (κ1) is 17.9. The van der Waals surface area contributed by atoms with Crippen LogP contribution in [0.15, 0.2) is 39.8 Å². The van der Waals surface area contributed by atoms with Crippen LogP contribution in [0.2, 0.25) is 0 Å². The summed E-state index contributed by atoms with van der Waals surface area (Å²) >= 11 is 0.409. The number of amides is 1. The van der Waals surface area contributed by atoms with Crippen molar-refractivity contribution in [3.63, 3.8) is 0 Å². The van der Waals surface area contributed by atoms with Crippen molar-refractivity contribution < 1.29 is 27.6 Å². The van der Waals surface area contributed by atoms with E-state index in [1.807, 2.05) is 0 Å². The van der Waals surface area contributed by atoms with E-state index in [9.17, 15) is 18.4 Å². The Morgan fingerprint density at radius 3 is 2.50 bits per heavy atom. The summed E-state index contributed by atoms with van der Waals surface area (Å²) in [5, 5.41) is 6.08. The summed E-state index contributed by atoms with van der Waals surface area (Å²) < 4.78 is 34.2. The zero-order chi connectivity index (χ0) is 17.7. The molecule has 0 aliphatic carbocycles. The van der Waals surface area contributed by atoms with Crippen LogP contribution in [0.4, 0.5) is 14.5 Å². The summed E-state index contributed by atoms with van der Waals surface area (Å²) in [4.78, 5) is 24.1. The fourth-order valence-electron chi connectivity index (χ4n) is 1.70. The van der Waals surface area contributed by atoms with Crippen LogP contribution in [0.1, 0.15) is 23.2 Å². The number of carbonyl (C=O) groups is 2. The molecule has 0 spiro atoms. The van der Waals surface area contributed by atoms with E-state index in [1.54, 1.807) is 6.92 Å². The van der Waals surface area contributed by atoms with Crippen LogP contribution in [0.25, 0.3) is 0 Å². The molecule has 1 N–H and O–H groups in total. The van der Waals surface area contributed by atoms with Gasteiger partial charge in [-0.15, -0.1) is 0 Å². The van der Waals surface area contributed by atoms with Gasteiger partial charge in [0.05, 0.1) is 5.69 Å². The number of benzene rings is 1. The van der Waals surface area contributed by atoms with E-state index in [0.29, 0.717) is 28.0 Å². The van der Waals surface area contributed by atoms with Crippen LogP contribution in [0.5, 0.6) is 0 Å². The minimum atomic E-state index is -2.51. The van der Waals surface area contributed by atoms with Gasteiger partial charge in [-0.05, 0) is 38.1 Å². The molecule has 1 atom stereocenters. The molecule has 0 aliphatic heterocycles. The first-order valence-corrected chi connectivity index (χ1v) is 7.73. The quantitative estimate of drug-likeness (QED) is 0.630. The number of carbonyl (C=O) groups excluding carboxylic acids is 2. The van der Waals surface area contributed by atoms with E-state index < -0.39 is 23.7 Å². The van der Waals surface area contributed by atoms with Crippen molar-refractivity contribution in [3.8, 4) is 0 Å². The van der Waals surface area contributed by atoms with Crippen LogP contribution < -0.4 is 5.32 Å². The fourth-order valence-corrected chi connectivity index (χ4v) is 2.19. The predicted molar refractivity (Wildman–Crippen MR) is 83.1 cm³/mol. The van der Waals surface area contributed by atoms with Gasteiger partial charge in [0, 0.05) is 16.6 Å². The van der Waals surface area contributed by atoms with Crippen molar-refractivity contribution in [1.82, 2.24) is 5.16 Å². The summed E-state index contributed by atoms with van der Waals surface area (Å²) in [5.41, 5.74) is 0.915. The largest absolute Gasteiger partial charge is 0.447 e. The Hall–Kier alpha value is -2.42. The highest BCUT2D eigenvalue weighted by Gasteiger charge is 2.21. The van der Waals surface area contributed by atoms with Gasteiger partial charge in [-0.3, -0.25) is 4.79 Å². The third-order valence-electron chi connectivity index (χ3n) is 2.83. The number of thioether (sulfide) groups is 1. The lowest BCUT2D eigenvalue weighted by molar-refractivity contribution is -0.123. The monoisotopic (exact) mass is 356 g/mol. The second-order valence-corrected chi connectivity index (χ2v) is 5.84. The molecule has 6 nitrogen and oxygen atoms in total. The first-order valence-electron chi connectivity index (χ1n) is 6.85. The second-order valence-electron chi connectivity index (χ2n) is 4.77. The Bertz CT molecular complexity index is 719. The second kappa shape index (κ2) is 7.91. The maximum atomic E-state index is 12.2. The molecule has 1 heterocycles. The predicted octanol–water partition coefficient (Wildman–Crippen LogP) is 3.48. The normalized spacial score (nSPS) is 12.0. The summed E-state index contributed by atoms with van der Waals surface area (Å²) in [5.74, 6) is -3.97. The highest BCUT2D eigenvalue weighted by atomic mass is 32.2. The average molecular weight is 356 g/mol. The Labute approximate surface area is 140 Å². The SMILES string of the molecule is Cc1cc(C(=O)O[C@H](C)C(=O)Nc2ccc(SC(F)F)cc2)on1. The third kappa shape index (κ3) is 5.05. The molecule has 0 fully saturated rings. The molecule has 0 aliphatic rings. The number of anilines is 1. The molecule has 0 unspecified atom stereocenters. The number of hydrogen-bond donors (Lipinski definition) is 1. The smallest absolute Gasteiger partial charge is 0.377 e. The minimum Gasteiger partial charge on any atom is -0.447 e. The summed E-state index contributed by atoms with van der Waals surface area (Å²) in [6.07, 6.45) is -1.07. The van der Waals surface area contributed by atoms with Crippen molar-refractivity contribution in [2.75, 3.05) is 5.32 Å². The van der Waals surface area contributed by atoms with Gasteiger partial charge in [0.1, 0.15) is 0 Å². The molecule has 2 rings (SSSR count). The van der Waals surface area contributed by atoms with Crippen LogP contribution >= 0.6 is 11.8 Å². The van der Waals surface area contributed by atoms with Crippen molar-refractivity contribution in [1.29, 1.82) is 0 Å². The number of alkyl halides is 2. The van der Waals surface area contributed by atoms with Gasteiger partial charge in [0.15, 0.2) is 6.10 Å². The zero-order valence-corrected chi connectivity index (χ0v) is 13.6. The molecule has 24 heavy (non-hydrogen) atoms. The van der Waals surface area contributed by atoms with Crippen LogP contribution in [-0.4, -0.2) is 28.9 Å². The van der Waals surface area contributed by atoms with Gasteiger partial charge < -0.3 is 14.6 Å². The molecule has 0 bridgehead atoms. The fraction of sp³-hybridized carbons (Fsp3) is 0.267. The maximum absolute atomic E-state index is 12.2. The van der Waals surface area contributed by atoms with Crippen molar-refractivity contribution in [3.05, 3.63) is 41.8 Å². The molecule has 1 aromatic heterocycles. The minimum absolute atomic E-state index is 0.0967. The Kier molecular flexibility index (Phi) is 5.91. The molecule has 0 radical (unpaired) electrons. The van der Waals surface area contributed by atoms with Crippen LogP contribution in [0.3, 0.4) is 0 Å². The Balaban J connectivity index is 1.90. The zero-order valence-electron chi connectivity index (χ0n) is 12.8. The molecule has 1 amide bonds. The van der Waals surface area contributed by atoms with Crippen molar-refractivity contribution in [2.45, 2.75) is 30.6 Å². The number of nitrogens with one attached hydrogen (secondary N) is 1. The number of ether oxygens (including phenoxy) is 1. The summed E-state index contributed by atoms with van der Waals surface area (Å²) in [6.45, 7) is 3.05. The lowest BCUT2D eigenvalue weighted by Gasteiger charge is -2.12. The lowest BCUT2D eigenvalue weighted by Crippen LogP contribution is -2.29. The third-order valence-corrected chi connectivity index (χ3v) is 3.55. The first-order chi connectivity index (χ1) is 11.3. The number of esters is 1. The molecule has 128 valence electrons. The molecule has 2 aromatic rings. The number of rotatable bonds is 6. The summed E-state index contributed by atoms with van der Waals surface area (Å²) in [7, 11) is 0. The molecular formula is C15H14F2N2O4S. The van der Waals surface area contributed by atoms with E-state index in [4.69, 9.17) is 9.26 Å². The molecule has 9 heteroatoms. The highest BCUT2D eigenvalue weighted by molar-refractivity contribution is 7.99. The van der Waals surface area contributed by atoms with Crippen LogP contribution in [-0.2, 0) is 9.53 Å². The molecule has 0 saturated carbocycles. The van der Waals surface area contributed by atoms with E-state index in [-0.39, 0.29) is 5.76 Å². The Morgan fingerprint density at radius 1 is 1.29 bits per heavy atom. The van der Waals surface area contributed by atoms with E-state index in [2.05, 4.69) is 10.5 Å². The average Bonchev–Trinajstić information content (AvgIpc) is 2.95. The number of aryl methyl sites for hydroxylation is 1. The van der Waals surface area contributed by atoms with Gasteiger partial charge in [0.2, 0.25) is 5.76 Å². The van der Waals surface area contributed by atoms with E-state index in [1.165, 1.54) is 37.3 Å². The van der Waals surface area contributed by atoms with Crippen LogP contribution in [0, 0.1) is 6.92 Å². The Morgan fingerprint density at radius 2 is 1.96 bits per heavy atom. The highest BCUT2D eigenvalue weighted by Crippen LogP contribution is 2.26. The van der Waals surface area contributed by atoms with E-state index in [0.717, 1.165) is 0 Å². The van der Waals surface area contributed by atoms with Gasteiger partial charge in [-0.1, -0.05) is 16.9 Å². The number of hydrogen-bond acceptors (Lipinski definition) is 6. The number of aromatic nitrogens is 1. The topological polar surface area (TPSA) is 81.4 Å². The van der Waals surface area contributed by atoms with Gasteiger partial charge in [-0.25, -0.2) is 4.79 Å². The van der Waals surface area contributed by atoms with E-state index >= 15 is 0 Å². The maximum Gasteiger partial charge on any atom is 0.377 e. The number of halogens is 2. The van der Waals surface area contributed by atoms with Gasteiger partial charge in [0.25, 0.3) is 11.7 Å². The number of nitrogens with zero attached hydrogens (tertiary/aromatic N) is 1. The van der Waals surface area contributed by atoms with Crippen molar-refractivity contribution >= 4 is 29.3 Å². The van der Waals surface area contributed by atoms with Crippen molar-refractivity contribution in [2.24, 2.45) is 0 Å². The lowest BCUT2D eigenvalue weighted by atomic mass is 10.3. The van der Waals surface area contributed by atoms with Gasteiger partial charge >= 0.3 is 5.97 Å².